The van der Waals surface area contributed by atoms with Gasteiger partial charge in [-0.25, -0.2) is 0 Å². The van der Waals surface area contributed by atoms with Gasteiger partial charge in [0.1, 0.15) is 0 Å². The normalized spacial score (nSPS) is 10.6. The van der Waals surface area contributed by atoms with Crippen LogP contribution in [-0.2, 0) is 0 Å². The molecule has 2 amide bonds. The maximum Gasteiger partial charge on any atom is 0.288 e. The number of carbonyl (C=O) groups excluding carboxylic acids is 2. The molecule has 0 spiro atoms. The van der Waals surface area contributed by atoms with Gasteiger partial charge in [0.2, 0.25) is 0 Å². The predicted octanol–water partition coefficient (Wildman–Crippen LogP) is 5.57. The van der Waals surface area contributed by atoms with E-state index in [0.29, 0.717) is 38.5 Å². The third-order valence-corrected chi connectivity index (χ3v) is 5.06. The van der Waals surface area contributed by atoms with Gasteiger partial charge in [0.15, 0.2) is 0 Å². The van der Waals surface area contributed by atoms with Gasteiger partial charge >= 0.3 is 0 Å². The number of carbonyl (C=O) groups is 2. The molecule has 2 aromatic carbocycles. The Balaban J connectivity index is 1.65. The summed E-state index contributed by atoms with van der Waals surface area (Å²) in [5, 5.41) is 7.26. The van der Waals surface area contributed by atoms with Gasteiger partial charge in [0.05, 0.1) is 4.88 Å². The molecule has 0 aliphatic rings. The number of halogens is 2. The molecule has 0 saturated heterocycles. The Hall–Kier alpha value is -2.71. The van der Waals surface area contributed by atoms with Crippen LogP contribution >= 0.6 is 23.1 Å². The number of hydrogen-bond acceptors (Lipinski definition) is 4. The third kappa shape index (κ3) is 5.38. The minimum Gasteiger partial charge on any atom is -0.322 e. The van der Waals surface area contributed by atoms with E-state index in [1.807, 2.05) is 5.38 Å². The lowest BCUT2D eigenvalue weighted by atomic mass is 10.1. The summed E-state index contributed by atoms with van der Waals surface area (Å²) in [6.45, 7) is 0. The van der Waals surface area contributed by atoms with Crippen molar-refractivity contribution in [3.63, 3.8) is 0 Å². The van der Waals surface area contributed by atoms with Crippen molar-refractivity contribution >= 4 is 46.3 Å². The predicted molar refractivity (Wildman–Crippen MR) is 105 cm³/mol. The zero-order valence-electron chi connectivity index (χ0n) is 13.8. The minimum atomic E-state index is -2.49. The summed E-state index contributed by atoms with van der Waals surface area (Å²) < 4.78 is 24.7. The van der Waals surface area contributed by atoms with Gasteiger partial charge in [-0.15, -0.1) is 11.3 Å². The fourth-order valence-electron chi connectivity index (χ4n) is 2.26. The fourth-order valence-corrected chi connectivity index (χ4v) is 3.38. The lowest BCUT2D eigenvalue weighted by Crippen LogP contribution is -2.14. The van der Waals surface area contributed by atoms with Crippen molar-refractivity contribution in [1.82, 2.24) is 0 Å². The van der Waals surface area contributed by atoms with E-state index >= 15 is 0 Å². The van der Waals surface area contributed by atoms with Crippen molar-refractivity contribution in [2.45, 2.75) is 10.7 Å². The number of anilines is 2. The lowest BCUT2D eigenvalue weighted by Gasteiger charge is -2.08. The molecule has 0 aliphatic carbocycles. The first kappa shape index (κ1) is 19.1. The zero-order valence-corrected chi connectivity index (χ0v) is 15.5. The highest BCUT2D eigenvalue weighted by Gasteiger charge is 2.11. The molecule has 138 valence electrons. The topological polar surface area (TPSA) is 58.2 Å². The van der Waals surface area contributed by atoms with Crippen molar-refractivity contribution in [1.29, 1.82) is 0 Å². The first-order chi connectivity index (χ1) is 13.0. The largest absolute Gasteiger partial charge is 0.322 e. The van der Waals surface area contributed by atoms with E-state index in [-0.39, 0.29) is 11.8 Å². The summed E-state index contributed by atoms with van der Waals surface area (Å²) in [6, 6.07) is 16.2. The van der Waals surface area contributed by atoms with Gasteiger partial charge in [0.25, 0.3) is 17.6 Å². The molecule has 1 aromatic heterocycles. The van der Waals surface area contributed by atoms with Gasteiger partial charge in [0, 0.05) is 21.8 Å². The zero-order chi connectivity index (χ0) is 19.2. The Morgan fingerprint density at radius 1 is 0.889 bits per heavy atom. The van der Waals surface area contributed by atoms with Crippen LogP contribution in [0.4, 0.5) is 20.2 Å². The quantitative estimate of drug-likeness (QED) is 0.528. The van der Waals surface area contributed by atoms with E-state index in [0.717, 1.165) is 0 Å². The second kappa shape index (κ2) is 8.79. The number of thioether (sulfide) groups is 1. The minimum absolute atomic E-state index is 0.241. The standard InChI is InChI=1S/C19H14F2N2O2S2/c20-19(21)27-15-8-6-13(7-9-15)22-17(24)12-3-1-4-14(11-12)23-18(25)16-5-2-10-26-16/h1-11,19H,(H,22,24)(H,23,25). The monoisotopic (exact) mass is 404 g/mol. The van der Waals surface area contributed by atoms with Gasteiger partial charge in [-0.1, -0.05) is 23.9 Å². The number of hydrogen-bond donors (Lipinski definition) is 2. The molecule has 0 aliphatic heterocycles. The number of nitrogens with one attached hydrogen (secondary N) is 2. The molecule has 3 aromatic rings. The maximum atomic E-state index is 12.4. The van der Waals surface area contributed by atoms with Crippen LogP contribution in [0.5, 0.6) is 0 Å². The van der Waals surface area contributed by atoms with Crippen LogP contribution in [0.2, 0.25) is 0 Å². The van der Waals surface area contributed by atoms with Crippen LogP contribution in [0.1, 0.15) is 20.0 Å². The van der Waals surface area contributed by atoms with Crippen LogP contribution in [0.25, 0.3) is 0 Å². The van der Waals surface area contributed by atoms with E-state index in [4.69, 9.17) is 0 Å². The van der Waals surface area contributed by atoms with Gasteiger partial charge in [-0.3, -0.25) is 9.59 Å². The smallest absolute Gasteiger partial charge is 0.288 e. The van der Waals surface area contributed by atoms with Crippen molar-refractivity contribution in [2.75, 3.05) is 10.6 Å². The van der Waals surface area contributed by atoms with E-state index in [9.17, 15) is 18.4 Å². The average molecular weight is 404 g/mol. The highest BCUT2D eigenvalue weighted by atomic mass is 32.2. The SMILES string of the molecule is O=C(Nc1ccc(SC(F)F)cc1)c1cccc(NC(=O)c2cccs2)c1. The van der Waals surface area contributed by atoms with Crippen LogP contribution in [-0.4, -0.2) is 17.6 Å². The van der Waals surface area contributed by atoms with Crippen LogP contribution in [0, 0.1) is 0 Å². The molecule has 0 atom stereocenters. The van der Waals surface area contributed by atoms with Crippen LogP contribution in [0.3, 0.4) is 0 Å². The molecule has 8 heteroatoms. The third-order valence-electron chi connectivity index (χ3n) is 3.46. The van der Waals surface area contributed by atoms with E-state index in [2.05, 4.69) is 10.6 Å². The maximum absolute atomic E-state index is 12.4. The highest BCUT2D eigenvalue weighted by molar-refractivity contribution is 7.99. The number of alkyl halides is 2. The lowest BCUT2D eigenvalue weighted by molar-refractivity contribution is 0.101. The van der Waals surface area contributed by atoms with Crippen molar-refractivity contribution in [2.24, 2.45) is 0 Å². The molecule has 4 nitrogen and oxygen atoms in total. The molecule has 0 bridgehead atoms. The van der Waals surface area contributed by atoms with E-state index < -0.39 is 5.76 Å². The molecule has 0 radical (unpaired) electrons. The summed E-state index contributed by atoms with van der Waals surface area (Å²) in [7, 11) is 0. The molecule has 0 unspecified atom stereocenters. The molecular formula is C19H14F2N2O2S2. The molecule has 27 heavy (non-hydrogen) atoms. The summed E-state index contributed by atoms with van der Waals surface area (Å²) in [6.07, 6.45) is 0. The number of rotatable bonds is 6. The second-order valence-electron chi connectivity index (χ2n) is 5.37. The summed E-state index contributed by atoms with van der Waals surface area (Å²) in [4.78, 5) is 25.5. The molecule has 3 rings (SSSR count). The number of benzene rings is 2. The Labute approximate surface area is 162 Å². The summed E-state index contributed by atoms with van der Waals surface area (Å²) >= 11 is 1.77. The summed E-state index contributed by atoms with van der Waals surface area (Å²) in [5.41, 5.74) is 1.36. The van der Waals surface area contributed by atoms with Gasteiger partial charge < -0.3 is 10.6 Å². The molecule has 0 fully saturated rings. The van der Waals surface area contributed by atoms with Gasteiger partial charge in [-0.05, 0) is 53.9 Å². The second-order valence-corrected chi connectivity index (χ2v) is 7.38. The van der Waals surface area contributed by atoms with Crippen LogP contribution in [0.15, 0.2) is 70.9 Å². The Bertz CT molecular complexity index is 929. The Morgan fingerprint density at radius 3 is 2.30 bits per heavy atom. The molecule has 2 N–H and O–H groups in total. The molecular weight excluding hydrogens is 390 g/mol. The number of amides is 2. The van der Waals surface area contributed by atoms with Crippen LogP contribution < -0.4 is 10.6 Å². The average Bonchev–Trinajstić information content (AvgIpc) is 3.18. The van der Waals surface area contributed by atoms with E-state index in [1.54, 1.807) is 48.5 Å². The van der Waals surface area contributed by atoms with Crippen molar-refractivity contribution < 1.29 is 18.4 Å². The van der Waals surface area contributed by atoms with Gasteiger partial charge in [-0.2, -0.15) is 8.78 Å². The Kier molecular flexibility index (Phi) is 6.20. The molecule has 0 saturated carbocycles. The molecule has 1 heterocycles. The fraction of sp³-hybridized carbons (Fsp3) is 0.0526. The number of thiophene rings is 1. The first-order valence-electron chi connectivity index (χ1n) is 7.82. The highest BCUT2D eigenvalue weighted by Crippen LogP contribution is 2.26. The summed E-state index contributed by atoms with van der Waals surface area (Å²) in [5.74, 6) is -3.09. The van der Waals surface area contributed by atoms with Crippen molar-refractivity contribution in [3.05, 3.63) is 76.5 Å². The Morgan fingerprint density at radius 2 is 1.63 bits per heavy atom. The first-order valence-corrected chi connectivity index (χ1v) is 9.58. The van der Waals surface area contributed by atoms with E-state index in [1.165, 1.54) is 23.5 Å². The van der Waals surface area contributed by atoms with Crippen molar-refractivity contribution in [3.8, 4) is 0 Å².